The van der Waals surface area contributed by atoms with Gasteiger partial charge in [-0.2, -0.15) is 0 Å². The van der Waals surface area contributed by atoms with Crippen molar-refractivity contribution in [2.24, 2.45) is 0 Å². The molecule has 3 aromatic carbocycles. The number of ether oxygens (including phenoxy) is 1. The number of fused-ring (bicyclic) bond motifs is 2. The van der Waals surface area contributed by atoms with Crippen LogP contribution in [0, 0.1) is 5.82 Å². The van der Waals surface area contributed by atoms with E-state index in [1.165, 1.54) is 18.2 Å². The van der Waals surface area contributed by atoms with Crippen LogP contribution in [0.2, 0.25) is 0 Å². The van der Waals surface area contributed by atoms with Gasteiger partial charge in [0.05, 0.1) is 4.90 Å². The predicted octanol–water partition coefficient (Wildman–Crippen LogP) is 4.49. The molecule has 120 valence electrons. The summed E-state index contributed by atoms with van der Waals surface area (Å²) in [6.07, 6.45) is 0. The van der Waals surface area contributed by atoms with E-state index in [1.54, 1.807) is 54.6 Å². The fraction of sp³-hybridized carbons (Fsp3) is 0.0526. The number of rotatable bonds is 2. The average molecular weight is 340 g/mol. The first-order valence-electron chi connectivity index (χ1n) is 7.42. The van der Waals surface area contributed by atoms with Gasteiger partial charge in [0.2, 0.25) is 0 Å². The lowest BCUT2D eigenvalue weighted by Gasteiger charge is -2.28. The first kappa shape index (κ1) is 14.9. The SMILES string of the molecule is O=S(=O)(c1ccccc1)C1c2ccccc2Oc2ccc(F)cc21. The van der Waals surface area contributed by atoms with E-state index in [0.29, 0.717) is 22.6 Å². The largest absolute Gasteiger partial charge is 0.457 e. The molecule has 0 saturated heterocycles. The second-order valence-corrected chi connectivity index (χ2v) is 7.59. The predicted molar refractivity (Wildman–Crippen MR) is 88.4 cm³/mol. The van der Waals surface area contributed by atoms with Gasteiger partial charge in [0.25, 0.3) is 0 Å². The van der Waals surface area contributed by atoms with E-state index < -0.39 is 20.9 Å². The fourth-order valence-corrected chi connectivity index (χ4v) is 4.83. The van der Waals surface area contributed by atoms with Crippen LogP contribution in [-0.2, 0) is 9.84 Å². The second kappa shape index (κ2) is 5.46. The fourth-order valence-electron chi connectivity index (χ4n) is 2.97. The summed E-state index contributed by atoms with van der Waals surface area (Å²) in [7, 11) is -3.75. The lowest BCUT2D eigenvalue weighted by atomic mass is 10.00. The van der Waals surface area contributed by atoms with Crippen molar-refractivity contribution in [3.63, 3.8) is 0 Å². The van der Waals surface area contributed by atoms with Gasteiger partial charge in [0.15, 0.2) is 9.84 Å². The third kappa shape index (κ3) is 2.29. The molecule has 0 N–H and O–H groups in total. The van der Waals surface area contributed by atoms with E-state index in [9.17, 15) is 12.8 Å². The molecule has 1 heterocycles. The monoisotopic (exact) mass is 340 g/mol. The topological polar surface area (TPSA) is 43.4 Å². The minimum atomic E-state index is -3.75. The number of para-hydroxylation sites is 1. The highest BCUT2D eigenvalue weighted by atomic mass is 32.2. The van der Waals surface area contributed by atoms with Crippen molar-refractivity contribution in [2.45, 2.75) is 10.1 Å². The smallest absolute Gasteiger partial charge is 0.189 e. The van der Waals surface area contributed by atoms with Crippen LogP contribution in [0.25, 0.3) is 0 Å². The number of benzene rings is 3. The van der Waals surface area contributed by atoms with Crippen LogP contribution in [0.15, 0.2) is 77.7 Å². The third-order valence-electron chi connectivity index (χ3n) is 4.06. The van der Waals surface area contributed by atoms with E-state index in [4.69, 9.17) is 4.74 Å². The standard InChI is InChI=1S/C19H13FO3S/c20-13-10-11-18-16(12-13)19(15-8-4-5-9-17(15)23-18)24(21,22)14-6-2-1-3-7-14/h1-12,19H. The van der Waals surface area contributed by atoms with E-state index in [1.807, 2.05) is 0 Å². The molecule has 1 aliphatic rings. The third-order valence-corrected chi connectivity index (χ3v) is 6.12. The quantitative estimate of drug-likeness (QED) is 0.690. The Morgan fingerprint density at radius 2 is 1.46 bits per heavy atom. The van der Waals surface area contributed by atoms with Crippen molar-refractivity contribution in [1.82, 2.24) is 0 Å². The molecule has 1 atom stereocenters. The number of hydrogen-bond donors (Lipinski definition) is 0. The summed E-state index contributed by atoms with van der Waals surface area (Å²) >= 11 is 0. The molecule has 0 aromatic heterocycles. The Balaban J connectivity index is 2.00. The maximum Gasteiger partial charge on any atom is 0.189 e. The summed E-state index contributed by atoms with van der Waals surface area (Å²) in [6, 6.07) is 19.1. The van der Waals surface area contributed by atoms with Crippen LogP contribution in [0.4, 0.5) is 4.39 Å². The summed E-state index contributed by atoms with van der Waals surface area (Å²) in [5, 5.41) is -1.00. The zero-order valence-electron chi connectivity index (χ0n) is 12.5. The van der Waals surface area contributed by atoms with Crippen molar-refractivity contribution in [1.29, 1.82) is 0 Å². The van der Waals surface area contributed by atoms with Gasteiger partial charge in [-0.1, -0.05) is 36.4 Å². The van der Waals surface area contributed by atoms with Gasteiger partial charge >= 0.3 is 0 Å². The molecule has 0 saturated carbocycles. The Hall–Kier alpha value is -2.66. The molecule has 0 aliphatic carbocycles. The Bertz CT molecular complexity index is 1010. The van der Waals surface area contributed by atoms with Crippen LogP contribution < -0.4 is 4.74 Å². The van der Waals surface area contributed by atoms with Crippen LogP contribution >= 0.6 is 0 Å². The van der Waals surface area contributed by atoms with Crippen molar-refractivity contribution in [3.05, 3.63) is 89.7 Å². The normalized spacial score (nSPS) is 16.0. The van der Waals surface area contributed by atoms with Crippen LogP contribution in [0.5, 0.6) is 11.5 Å². The molecule has 1 unspecified atom stereocenters. The van der Waals surface area contributed by atoms with Crippen molar-refractivity contribution in [2.75, 3.05) is 0 Å². The molecule has 1 aliphatic heterocycles. The lowest BCUT2D eigenvalue weighted by molar-refractivity contribution is 0.452. The van der Waals surface area contributed by atoms with Crippen LogP contribution in [0.1, 0.15) is 16.4 Å². The van der Waals surface area contributed by atoms with Gasteiger partial charge in [-0.25, -0.2) is 12.8 Å². The van der Waals surface area contributed by atoms with Crippen molar-refractivity contribution in [3.8, 4) is 11.5 Å². The Morgan fingerprint density at radius 1 is 0.792 bits per heavy atom. The van der Waals surface area contributed by atoms with E-state index in [2.05, 4.69) is 0 Å². The lowest BCUT2D eigenvalue weighted by Crippen LogP contribution is -2.19. The average Bonchev–Trinajstić information content (AvgIpc) is 2.60. The van der Waals surface area contributed by atoms with Crippen molar-refractivity contribution >= 4 is 9.84 Å². The van der Waals surface area contributed by atoms with E-state index in [0.717, 1.165) is 0 Å². The summed E-state index contributed by atoms with van der Waals surface area (Å²) in [5.74, 6) is 0.339. The first-order valence-corrected chi connectivity index (χ1v) is 8.97. The molecule has 5 heteroatoms. The van der Waals surface area contributed by atoms with E-state index in [-0.39, 0.29) is 4.90 Å². The maximum absolute atomic E-state index is 13.8. The molecule has 0 bridgehead atoms. The Morgan fingerprint density at radius 3 is 2.25 bits per heavy atom. The molecule has 3 nitrogen and oxygen atoms in total. The van der Waals surface area contributed by atoms with Crippen molar-refractivity contribution < 1.29 is 17.5 Å². The van der Waals surface area contributed by atoms with Crippen LogP contribution in [-0.4, -0.2) is 8.42 Å². The van der Waals surface area contributed by atoms with Gasteiger partial charge in [0.1, 0.15) is 22.6 Å². The highest BCUT2D eigenvalue weighted by Crippen LogP contribution is 2.48. The molecule has 0 fully saturated rings. The van der Waals surface area contributed by atoms with Gasteiger partial charge in [-0.15, -0.1) is 0 Å². The van der Waals surface area contributed by atoms with Gasteiger partial charge in [-0.05, 0) is 36.4 Å². The Labute approximate surface area is 139 Å². The molecule has 0 radical (unpaired) electrons. The highest BCUT2D eigenvalue weighted by Gasteiger charge is 2.38. The minimum absolute atomic E-state index is 0.196. The Kier molecular flexibility index (Phi) is 3.39. The molecule has 0 amide bonds. The number of hydrogen-bond acceptors (Lipinski definition) is 3. The summed E-state index contributed by atoms with van der Waals surface area (Å²) < 4.78 is 46.0. The zero-order valence-corrected chi connectivity index (χ0v) is 13.3. The summed E-state index contributed by atoms with van der Waals surface area (Å²) in [5.41, 5.74) is 0.831. The molecular formula is C19H13FO3S. The second-order valence-electron chi connectivity index (χ2n) is 5.56. The summed E-state index contributed by atoms with van der Waals surface area (Å²) in [6.45, 7) is 0. The molecule has 0 spiro atoms. The van der Waals surface area contributed by atoms with Gasteiger partial charge < -0.3 is 4.74 Å². The van der Waals surface area contributed by atoms with Gasteiger partial charge in [0, 0.05) is 11.1 Å². The molecular weight excluding hydrogens is 327 g/mol. The maximum atomic E-state index is 13.8. The molecule has 4 rings (SSSR count). The first-order chi connectivity index (χ1) is 11.6. The molecule has 24 heavy (non-hydrogen) atoms. The zero-order chi connectivity index (χ0) is 16.7. The van der Waals surface area contributed by atoms with Crippen LogP contribution in [0.3, 0.4) is 0 Å². The summed E-state index contributed by atoms with van der Waals surface area (Å²) in [4.78, 5) is 0.196. The highest BCUT2D eigenvalue weighted by molar-refractivity contribution is 7.92. The van der Waals surface area contributed by atoms with E-state index >= 15 is 0 Å². The molecule has 3 aromatic rings. The number of sulfone groups is 1. The van der Waals surface area contributed by atoms with Gasteiger partial charge in [-0.3, -0.25) is 0 Å². The number of halogens is 1. The minimum Gasteiger partial charge on any atom is -0.457 e.